The smallest absolute Gasteiger partial charge is 0.143 e. The zero-order valence-corrected chi connectivity index (χ0v) is 11.2. The molecular weight excluding hydrogens is 218 g/mol. The van der Waals surface area contributed by atoms with Gasteiger partial charge in [-0.15, -0.1) is 11.8 Å². The Bertz CT molecular complexity index is 315. The lowest BCUT2D eigenvalue weighted by Gasteiger charge is -2.11. The molecular formula is C13H21NOS. The monoisotopic (exact) mass is 239 g/mol. The summed E-state index contributed by atoms with van der Waals surface area (Å²) in [7, 11) is 1.72. The maximum absolute atomic E-state index is 5.39. The van der Waals surface area contributed by atoms with Crippen LogP contribution < -0.4 is 10.1 Å². The van der Waals surface area contributed by atoms with E-state index in [1.54, 1.807) is 7.11 Å². The van der Waals surface area contributed by atoms with Gasteiger partial charge in [0.05, 0.1) is 12.8 Å². The van der Waals surface area contributed by atoms with Crippen LogP contribution in [-0.4, -0.2) is 19.4 Å². The lowest BCUT2D eigenvalue weighted by atomic mass is 10.3. The van der Waals surface area contributed by atoms with E-state index < -0.39 is 0 Å². The molecule has 0 spiro atoms. The Morgan fingerprint density at radius 1 is 1.25 bits per heavy atom. The Hall–Kier alpha value is -0.830. The molecule has 16 heavy (non-hydrogen) atoms. The van der Waals surface area contributed by atoms with Crippen LogP contribution in [-0.2, 0) is 0 Å². The molecule has 0 saturated carbocycles. The Kier molecular flexibility index (Phi) is 6.16. The lowest BCUT2D eigenvalue weighted by Crippen LogP contribution is -2.01. The second-order valence-electron chi connectivity index (χ2n) is 3.64. The number of thioether (sulfide) groups is 1. The van der Waals surface area contributed by atoms with Gasteiger partial charge in [0, 0.05) is 11.4 Å². The van der Waals surface area contributed by atoms with Crippen molar-refractivity contribution in [3.05, 3.63) is 18.2 Å². The van der Waals surface area contributed by atoms with Crippen molar-refractivity contribution in [3.8, 4) is 5.75 Å². The Morgan fingerprint density at radius 2 is 2.06 bits per heavy atom. The number of ether oxygens (including phenoxy) is 1. The van der Waals surface area contributed by atoms with Crippen molar-refractivity contribution in [2.24, 2.45) is 0 Å². The van der Waals surface area contributed by atoms with Gasteiger partial charge in [0.25, 0.3) is 0 Å². The summed E-state index contributed by atoms with van der Waals surface area (Å²) in [5, 5.41) is 3.36. The zero-order chi connectivity index (χ0) is 11.8. The van der Waals surface area contributed by atoms with Crippen LogP contribution in [0.1, 0.15) is 26.7 Å². The zero-order valence-electron chi connectivity index (χ0n) is 10.4. The van der Waals surface area contributed by atoms with Gasteiger partial charge in [-0.25, -0.2) is 0 Å². The van der Waals surface area contributed by atoms with Gasteiger partial charge in [-0.1, -0.05) is 13.8 Å². The SMILES string of the molecule is CCCNc1ccc(SCCC)cc1OC. The fraction of sp³-hybridized carbons (Fsp3) is 0.538. The molecule has 0 saturated heterocycles. The van der Waals surface area contributed by atoms with E-state index in [4.69, 9.17) is 4.74 Å². The molecule has 0 unspecified atom stereocenters. The minimum atomic E-state index is 0.939. The number of benzene rings is 1. The molecule has 3 heteroatoms. The summed E-state index contributed by atoms with van der Waals surface area (Å²) < 4.78 is 5.39. The van der Waals surface area contributed by atoms with Crippen LogP contribution in [0.3, 0.4) is 0 Å². The summed E-state index contributed by atoms with van der Waals surface area (Å²) >= 11 is 1.87. The summed E-state index contributed by atoms with van der Waals surface area (Å²) in [6.45, 7) is 5.34. The second-order valence-corrected chi connectivity index (χ2v) is 4.81. The summed E-state index contributed by atoms with van der Waals surface area (Å²) in [5.41, 5.74) is 1.09. The number of methoxy groups -OCH3 is 1. The topological polar surface area (TPSA) is 21.3 Å². The van der Waals surface area contributed by atoms with Crippen molar-refractivity contribution in [2.75, 3.05) is 24.7 Å². The fourth-order valence-electron chi connectivity index (χ4n) is 1.39. The van der Waals surface area contributed by atoms with Gasteiger partial charge in [0.15, 0.2) is 0 Å². The van der Waals surface area contributed by atoms with E-state index in [-0.39, 0.29) is 0 Å². The van der Waals surface area contributed by atoms with Gasteiger partial charge in [-0.05, 0) is 36.8 Å². The molecule has 1 aromatic carbocycles. The van der Waals surface area contributed by atoms with Crippen LogP contribution in [0.15, 0.2) is 23.1 Å². The molecule has 0 aliphatic carbocycles. The molecule has 0 aliphatic heterocycles. The van der Waals surface area contributed by atoms with E-state index in [1.165, 1.54) is 11.3 Å². The molecule has 1 rings (SSSR count). The third kappa shape index (κ3) is 3.97. The first-order chi connectivity index (χ1) is 7.81. The number of nitrogens with one attached hydrogen (secondary N) is 1. The highest BCUT2D eigenvalue weighted by Gasteiger charge is 2.03. The lowest BCUT2D eigenvalue weighted by molar-refractivity contribution is 0.415. The predicted octanol–water partition coefficient (Wildman–Crippen LogP) is 4.02. The van der Waals surface area contributed by atoms with Crippen LogP contribution in [0.25, 0.3) is 0 Å². The molecule has 1 N–H and O–H groups in total. The van der Waals surface area contributed by atoms with Crippen LogP contribution >= 0.6 is 11.8 Å². The van der Waals surface area contributed by atoms with E-state index in [2.05, 4.69) is 37.4 Å². The molecule has 0 fully saturated rings. The molecule has 90 valence electrons. The van der Waals surface area contributed by atoms with Gasteiger partial charge >= 0.3 is 0 Å². The van der Waals surface area contributed by atoms with Crippen molar-refractivity contribution < 1.29 is 4.74 Å². The van der Waals surface area contributed by atoms with Gasteiger partial charge < -0.3 is 10.1 Å². The van der Waals surface area contributed by atoms with Crippen LogP contribution in [0.5, 0.6) is 5.75 Å². The maximum atomic E-state index is 5.39. The predicted molar refractivity (Wildman–Crippen MR) is 72.8 cm³/mol. The normalized spacial score (nSPS) is 10.2. The first-order valence-corrected chi connectivity index (χ1v) is 6.85. The van der Waals surface area contributed by atoms with Crippen LogP contribution in [0, 0.1) is 0 Å². The minimum absolute atomic E-state index is 0.939. The first kappa shape index (κ1) is 13.2. The average Bonchev–Trinajstić information content (AvgIpc) is 2.34. The molecule has 0 aromatic heterocycles. The highest BCUT2D eigenvalue weighted by molar-refractivity contribution is 7.99. The summed E-state index contributed by atoms with van der Waals surface area (Å²) in [4.78, 5) is 1.28. The van der Waals surface area contributed by atoms with E-state index in [0.29, 0.717) is 0 Å². The fourth-order valence-corrected chi connectivity index (χ4v) is 2.18. The quantitative estimate of drug-likeness (QED) is 0.726. The molecule has 0 radical (unpaired) electrons. The van der Waals surface area contributed by atoms with Crippen molar-refractivity contribution in [1.29, 1.82) is 0 Å². The molecule has 1 aromatic rings. The van der Waals surface area contributed by atoms with Gasteiger partial charge in [-0.2, -0.15) is 0 Å². The molecule has 0 amide bonds. The van der Waals surface area contributed by atoms with Crippen molar-refractivity contribution >= 4 is 17.4 Å². The number of anilines is 1. The molecule has 0 heterocycles. The average molecular weight is 239 g/mol. The maximum Gasteiger partial charge on any atom is 0.143 e. The number of hydrogen-bond acceptors (Lipinski definition) is 3. The van der Waals surface area contributed by atoms with E-state index in [1.807, 2.05) is 11.8 Å². The summed E-state index contributed by atoms with van der Waals surface area (Å²) in [6.07, 6.45) is 2.32. The number of rotatable bonds is 7. The molecule has 0 bridgehead atoms. The molecule has 0 atom stereocenters. The largest absolute Gasteiger partial charge is 0.495 e. The highest BCUT2D eigenvalue weighted by atomic mass is 32.2. The highest BCUT2D eigenvalue weighted by Crippen LogP contribution is 2.30. The van der Waals surface area contributed by atoms with Crippen LogP contribution in [0.2, 0.25) is 0 Å². The van der Waals surface area contributed by atoms with E-state index in [0.717, 1.165) is 30.2 Å². The Morgan fingerprint density at radius 3 is 2.69 bits per heavy atom. The summed E-state index contributed by atoms with van der Waals surface area (Å²) in [6, 6.07) is 6.37. The van der Waals surface area contributed by atoms with Crippen molar-refractivity contribution in [1.82, 2.24) is 0 Å². The first-order valence-electron chi connectivity index (χ1n) is 5.86. The third-order valence-corrected chi connectivity index (χ3v) is 3.41. The molecule has 2 nitrogen and oxygen atoms in total. The standard InChI is InChI=1S/C13H21NOS/c1-4-8-14-12-7-6-11(16-9-5-2)10-13(12)15-3/h6-7,10,14H,4-5,8-9H2,1-3H3. The summed E-state index contributed by atoms with van der Waals surface area (Å²) in [5.74, 6) is 2.10. The van der Waals surface area contributed by atoms with Crippen molar-refractivity contribution in [3.63, 3.8) is 0 Å². The second kappa shape index (κ2) is 7.44. The van der Waals surface area contributed by atoms with Gasteiger partial charge in [-0.3, -0.25) is 0 Å². The Labute approximate surface area is 103 Å². The van der Waals surface area contributed by atoms with E-state index in [9.17, 15) is 0 Å². The number of hydrogen-bond donors (Lipinski definition) is 1. The van der Waals surface area contributed by atoms with E-state index >= 15 is 0 Å². The van der Waals surface area contributed by atoms with Crippen molar-refractivity contribution in [2.45, 2.75) is 31.6 Å². The molecule has 0 aliphatic rings. The van der Waals surface area contributed by atoms with Crippen LogP contribution in [0.4, 0.5) is 5.69 Å². The third-order valence-electron chi connectivity index (χ3n) is 2.21. The Balaban J connectivity index is 2.71. The van der Waals surface area contributed by atoms with Gasteiger partial charge in [0.2, 0.25) is 0 Å². The van der Waals surface area contributed by atoms with Gasteiger partial charge in [0.1, 0.15) is 5.75 Å². The minimum Gasteiger partial charge on any atom is -0.495 e.